The maximum absolute atomic E-state index is 12.6. The maximum atomic E-state index is 12.6. The van der Waals surface area contributed by atoms with E-state index in [1.165, 1.54) is 19.3 Å². The van der Waals surface area contributed by atoms with Crippen LogP contribution in [0, 0.1) is 0 Å². The van der Waals surface area contributed by atoms with Crippen molar-refractivity contribution in [2.75, 3.05) is 26.2 Å². The lowest BCUT2D eigenvalue weighted by Crippen LogP contribution is -2.42. The Morgan fingerprint density at radius 1 is 0.900 bits per heavy atom. The van der Waals surface area contributed by atoms with E-state index in [2.05, 4.69) is 4.90 Å². The second-order valence-electron chi connectivity index (χ2n) is 5.69. The minimum Gasteiger partial charge on any atom is -0.299 e. The van der Waals surface area contributed by atoms with Gasteiger partial charge in [-0.25, -0.2) is 8.42 Å². The molecular formula is C15H22N2O2S. The molecule has 0 N–H and O–H groups in total. The second kappa shape index (κ2) is 5.84. The maximum Gasteiger partial charge on any atom is 0.243 e. The molecule has 4 nitrogen and oxygen atoms in total. The first-order chi connectivity index (χ1) is 9.68. The molecule has 1 aromatic rings. The van der Waals surface area contributed by atoms with Crippen LogP contribution in [-0.4, -0.2) is 49.8 Å². The predicted molar refractivity (Wildman–Crippen MR) is 79.0 cm³/mol. The SMILES string of the molecule is O=S(=O)(c1ccccc1)N1CCCN(C2CCC2)CC1. The predicted octanol–water partition coefficient (Wildman–Crippen LogP) is 1.94. The van der Waals surface area contributed by atoms with Gasteiger partial charge in [-0.3, -0.25) is 4.90 Å². The van der Waals surface area contributed by atoms with Gasteiger partial charge >= 0.3 is 0 Å². The highest BCUT2D eigenvalue weighted by atomic mass is 32.2. The molecular weight excluding hydrogens is 272 g/mol. The number of sulfonamides is 1. The largest absolute Gasteiger partial charge is 0.299 e. The van der Waals surface area contributed by atoms with Gasteiger partial charge < -0.3 is 0 Å². The first-order valence-electron chi connectivity index (χ1n) is 7.47. The van der Waals surface area contributed by atoms with Crippen LogP contribution in [0.1, 0.15) is 25.7 Å². The van der Waals surface area contributed by atoms with Gasteiger partial charge in [0.25, 0.3) is 0 Å². The Bertz CT molecular complexity index is 540. The number of nitrogens with zero attached hydrogens (tertiary/aromatic N) is 2. The molecule has 2 aliphatic rings. The summed E-state index contributed by atoms with van der Waals surface area (Å²) in [5, 5.41) is 0. The number of rotatable bonds is 3. The van der Waals surface area contributed by atoms with Gasteiger partial charge in [-0.15, -0.1) is 0 Å². The van der Waals surface area contributed by atoms with E-state index in [4.69, 9.17) is 0 Å². The molecule has 0 unspecified atom stereocenters. The summed E-state index contributed by atoms with van der Waals surface area (Å²) in [6, 6.07) is 9.49. The van der Waals surface area contributed by atoms with Gasteiger partial charge in [0.1, 0.15) is 0 Å². The van der Waals surface area contributed by atoms with Crippen molar-refractivity contribution in [3.8, 4) is 0 Å². The van der Waals surface area contributed by atoms with Crippen molar-refractivity contribution >= 4 is 10.0 Å². The monoisotopic (exact) mass is 294 g/mol. The van der Waals surface area contributed by atoms with E-state index in [9.17, 15) is 8.42 Å². The minimum absolute atomic E-state index is 0.414. The third-order valence-corrected chi connectivity index (χ3v) is 6.37. The van der Waals surface area contributed by atoms with Crippen LogP contribution < -0.4 is 0 Å². The highest BCUT2D eigenvalue weighted by Crippen LogP contribution is 2.26. The third kappa shape index (κ3) is 2.75. The molecule has 0 spiro atoms. The summed E-state index contributed by atoms with van der Waals surface area (Å²) in [5.41, 5.74) is 0. The van der Waals surface area contributed by atoms with Crippen LogP contribution in [0.5, 0.6) is 0 Å². The van der Waals surface area contributed by atoms with Crippen molar-refractivity contribution in [3.05, 3.63) is 30.3 Å². The van der Waals surface area contributed by atoms with E-state index in [0.717, 1.165) is 19.5 Å². The van der Waals surface area contributed by atoms with Gasteiger partial charge in [-0.1, -0.05) is 24.6 Å². The Morgan fingerprint density at radius 3 is 2.30 bits per heavy atom. The lowest BCUT2D eigenvalue weighted by Gasteiger charge is -2.36. The topological polar surface area (TPSA) is 40.6 Å². The van der Waals surface area contributed by atoms with Crippen LogP contribution in [0.2, 0.25) is 0 Å². The molecule has 1 saturated carbocycles. The molecule has 2 fully saturated rings. The summed E-state index contributed by atoms with van der Waals surface area (Å²) in [6.45, 7) is 3.16. The van der Waals surface area contributed by atoms with E-state index < -0.39 is 10.0 Å². The fourth-order valence-electron chi connectivity index (χ4n) is 3.01. The van der Waals surface area contributed by atoms with Crippen LogP contribution >= 0.6 is 0 Å². The molecule has 5 heteroatoms. The normalized spacial score (nSPS) is 23.2. The van der Waals surface area contributed by atoms with Crippen LogP contribution in [0.4, 0.5) is 0 Å². The standard InChI is InChI=1S/C15H22N2O2S/c18-20(19,15-8-2-1-3-9-15)17-11-5-10-16(12-13-17)14-6-4-7-14/h1-3,8-9,14H,4-7,10-13H2. The van der Waals surface area contributed by atoms with E-state index >= 15 is 0 Å². The van der Waals surface area contributed by atoms with E-state index in [-0.39, 0.29) is 0 Å². The molecule has 0 aromatic heterocycles. The van der Waals surface area contributed by atoms with Gasteiger partial charge in [-0.2, -0.15) is 4.31 Å². The lowest BCUT2D eigenvalue weighted by atomic mass is 9.91. The van der Waals surface area contributed by atoms with Crippen LogP contribution in [0.15, 0.2) is 35.2 Å². The Balaban J connectivity index is 1.71. The summed E-state index contributed by atoms with van der Waals surface area (Å²) in [7, 11) is -3.32. The number of hydrogen-bond donors (Lipinski definition) is 0. The Labute approximate surface area is 121 Å². The van der Waals surface area contributed by atoms with Crippen molar-refractivity contribution in [3.63, 3.8) is 0 Å². The van der Waals surface area contributed by atoms with Crippen LogP contribution in [0.25, 0.3) is 0 Å². The summed E-state index contributed by atoms with van der Waals surface area (Å²) >= 11 is 0. The molecule has 1 aromatic carbocycles. The van der Waals surface area contributed by atoms with Crippen molar-refractivity contribution in [1.82, 2.24) is 9.21 Å². The zero-order valence-electron chi connectivity index (χ0n) is 11.7. The molecule has 20 heavy (non-hydrogen) atoms. The van der Waals surface area contributed by atoms with Crippen molar-refractivity contribution < 1.29 is 8.42 Å². The van der Waals surface area contributed by atoms with E-state index in [1.54, 1.807) is 28.6 Å². The van der Waals surface area contributed by atoms with Crippen LogP contribution in [-0.2, 0) is 10.0 Å². The zero-order chi connectivity index (χ0) is 14.0. The summed E-state index contributed by atoms with van der Waals surface area (Å²) < 4.78 is 26.9. The third-order valence-electron chi connectivity index (χ3n) is 4.46. The molecule has 0 radical (unpaired) electrons. The Morgan fingerprint density at radius 2 is 1.65 bits per heavy atom. The first-order valence-corrected chi connectivity index (χ1v) is 8.91. The highest BCUT2D eigenvalue weighted by molar-refractivity contribution is 7.89. The van der Waals surface area contributed by atoms with Crippen molar-refractivity contribution in [2.45, 2.75) is 36.6 Å². The molecule has 0 amide bonds. The molecule has 1 aliphatic carbocycles. The van der Waals surface area contributed by atoms with Crippen molar-refractivity contribution in [1.29, 1.82) is 0 Å². The van der Waals surface area contributed by atoms with Gasteiger partial charge in [0.2, 0.25) is 10.0 Å². The van der Waals surface area contributed by atoms with Crippen molar-refractivity contribution in [2.24, 2.45) is 0 Å². The van der Waals surface area contributed by atoms with Gasteiger partial charge in [0.15, 0.2) is 0 Å². The fraction of sp³-hybridized carbons (Fsp3) is 0.600. The average Bonchev–Trinajstić information content (AvgIpc) is 2.64. The smallest absolute Gasteiger partial charge is 0.243 e. The highest BCUT2D eigenvalue weighted by Gasteiger charge is 2.30. The average molecular weight is 294 g/mol. The molecule has 1 heterocycles. The Hall–Kier alpha value is -0.910. The number of hydrogen-bond acceptors (Lipinski definition) is 3. The Kier molecular flexibility index (Phi) is 4.10. The first kappa shape index (κ1) is 14.0. The fourth-order valence-corrected chi connectivity index (χ4v) is 4.50. The van der Waals surface area contributed by atoms with Gasteiger partial charge in [0, 0.05) is 25.7 Å². The second-order valence-corrected chi connectivity index (χ2v) is 7.63. The molecule has 110 valence electrons. The quantitative estimate of drug-likeness (QED) is 0.855. The molecule has 0 bridgehead atoms. The van der Waals surface area contributed by atoms with Crippen LogP contribution in [0.3, 0.4) is 0 Å². The summed E-state index contributed by atoms with van der Waals surface area (Å²) in [4.78, 5) is 2.89. The molecule has 1 saturated heterocycles. The van der Waals surface area contributed by atoms with Gasteiger partial charge in [-0.05, 0) is 37.9 Å². The summed E-state index contributed by atoms with van der Waals surface area (Å²) in [5.74, 6) is 0. The molecule has 1 aliphatic heterocycles. The summed E-state index contributed by atoms with van der Waals surface area (Å²) in [6.07, 6.45) is 4.83. The molecule has 0 atom stereocenters. The van der Waals surface area contributed by atoms with E-state index in [1.807, 2.05) is 6.07 Å². The number of benzene rings is 1. The minimum atomic E-state index is -3.32. The zero-order valence-corrected chi connectivity index (χ0v) is 12.6. The molecule has 3 rings (SSSR count). The van der Waals surface area contributed by atoms with E-state index in [0.29, 0.717) is 24.0 Å². The van der Waals surface area contributed by atoms with Gasteiger partial charge in [0.05, 0.1) is 4.90 Å². The lowest BCUT2D eigenvalue weighted by molar-refractivity contribution is 0.134.